The average molecular weight is 727 g/mol. The number of carbonyl (C=O) groups excluding carboxylic acids is 3. The minimum absolute atomic E-state index is 0.0732. The third kappa shape index (κ3) is 11.0. The molecule has 3 unspecified atom stereocenters. The normalized spacial score (nSPS) is 21.8. The third-order valence-electron chi connectivity index (χ3n) is 10.5. The Morgan fingerprint density at radius 1 is 0.961 bits per heavy atom. The number of hydrogen-bond acceptors (Lipinski definition) is 8. The topological polar surface area (TPSA) is 161 Å². The van der Waals surface area contributed by atoms with E-state index in [2.05, 4.69) is 25.8 Å². The molecule has 2 fully saturated rings. The van der Waals surface area contributed by atoms with Crippen molar-refractivity contribution >= 4 is 27.7 Å². The zero-order chi connectivity index (χ0) is 37.6. The van der Waals surface area contributed by atoms with Crippen LogP contribution in [0.5, 0.6) is 0 Å². The molecule has 4 amide bonds. The zero-order valence-corrected chi connectivity index (χ0v) is 32.1. The van der Waals surface area contributed by atoms with Crippen LogP contribution in [0.15, 0.2) is 54.9 Å². The number of β-amino-alcohol motifs (C(OH)–C–C–N with tert-alkyl or cyclic N) is 1. The van der Waals surface area contributed by atoms with E-state index in [0.29, 0.717) is 24.8 Å². The van der Waals surface area contributed by atoms with Crippen LogP contribution in [0, 0.1) is 11.8 Å². The predicted octanol–water partition coefficient (Wildman–Crippen LogP) is 3.30. The number of aliphatic hydroxyl groups is 1. The van der Waals surface area contributed by atoms with Gasteiger partial charge >= 0.3 is 6.03 Å². The molecule has 282 valence electrons. The first-order valence-electron chi connectivity index (χ1n) is 18.0. The van der Waals surface area contributed by atoms with Crippen LogP contribution in [0.25, 0.3) is 0 Å². The van der Waals surface area contributed by atoms with Crippen LogP contribution in [0.1, 0.15) is 77.8 Å². The van der Waals surface area contributed by atoms with Crippen molar-refractivity contribution in [2.24, 2.45) is 11.8 Å². The third-order valence-corrected chi connectivity index (χ3v) is 12.7. The molecule has 4 N–H and O–H groups in total. The number of urea groups is 1. The molecule has 0 spiro atoms. The molecule has 1 saturated carbocycles. The van der Waals surface area contributed by atoms with Crippen molar-refractivity contribution in [3.63, 3.8) is 0 Å². The smallest absolute Gasteiger partial charge is 0.318 e. The number of hydrogen-bond donors (Lipinski definition) is 4. The second-order valence-electron chi connectivity index (χ2n) is 16.1. The zero-order valence-electron chi connectivity index (χ0n) is 31.3. The van der Waals surface area contributed by atoms with Crippen molar-refractivity contribution in [3.8, 4) is 0 Å². The van der Waals surface area contributed by atoms with Gasteiger partial charge in [0.15, 0.2) is 9.84 Å². The summed E-state index contributed by atoms with van der Waals surface area (Å²) in [6.07, 6.45) is 8.55. The SMILES string of the molecule is CN(Cc1ccncc1)C(=O)N[C@H](C(=O)NC(Cc1ccccc1)C(O)CN1C[C@H]2CCCC[C@H]2CC1C(=O)NC(C)(C)C)C(C)(C)S(C)(=O)=O. The van der Waals surface area contributed by atoms with E-state index in [1.54, 1.807) is 31.6 Å². The number of nitrogens with zero attached hydrogens (tertiary/aromatic N) is 3. The van der Waals surface area contributed by atoms with E-state index >= 15 is 0 Å². The Balaban J connectivity index is 1.60. The Kier molecular flexibility index (Phi) is 13.3. The highest BCUT2D eigenvalue weighted by Crippen LogP contribution is 2.39. The molecule has 4 rings (SSSR count). The maximum absolute atomic E-state index is 14.3. The fourth-order valence-corrected chi connectivity index (χ4v) is 7.84. The lowest BCUT2D eigenvalue weighted by Gasteiger charge is -2.47. The van der Waals surface area contributed by atoms with Crippen molar-refractivity contribution in [3.05, 3.63) is 66.0 Å². The van der Waals surface area contributed by atoms with Crippen LogP contribution in [-0.2, 0) is 32.4 Å². The molecular weight excluding hydrogens is 669 g/mol. The van der Waals surface area contributed by atoms with Gasteiger partial charge in [-0.3, -0.25) is 19.5 Å². The van der Waals surface area contributed by atoms with E-state index in [-0.39, 0.29) is 25.4 Å². The van der Waals surface area contributed by atoms with Crippen molar-refractivity contribution in [1.82, 2.24) is 30.7 Å². The Morgan fingerprint density at radius 2 is 1.59 bits per heavy atom. The number of benzene rings is 1. The molecule has 1 aromatic heterocycles. The molecule has 13 heteroatoms. The van der Waals surface area contributed by atoms with E-state index in [9.17, 15) is 27.9 Å². The Bertz CT molecular complexity index is 1580. The predicted molar refractivity (Wildman–Crippen MR) is 198 cm³/mol. The molecule has 0 bridgehead atoms. The minimum atomic E-state index is -3.88. The Morgan fingerprint density at radius 3 is 2.20 bits per heavy atom. The Labute approximate surface area is 304 Å². The van der Waals surface area contributed by atoms with Gasteiger partial charge in [0.05, 0.1) is 22.9 Å². The quantitative estimate of drug-likeness (QED) is 0.245. The van der Waals surface area contributed by atoms with E-state index in [0.717, 1.165) is 43.1 Å². The number of rotatable bonds is 13. The maximum atomic E-state index is 14.3. The van der Waals surface area contributed by atoms with Gasteiger partial charge in [-0.1, -0.05) is 49.6 Å². The van der Waals surface area contributed by atoms with Crippen LogP contribution in [0.2, 0.25) is 0 Å². The summed E-state index contributed by atoms with van der Waals surface area (Å²) in [6.45, 7) is 9.67. The van der Waals surface area contributed by atoms with Gasteiger partial charge in [-0.05, 0) is 89.0 Å². The number of aliphatic hydroxyl groups excluding tert-OH is 1. The van der Waals surface area contributed by atoms with Gasteiger partial charge in [-0.15, -0.1) is 0 Å². The highest BCUT2D eigenvalue weighted by molar-refractivity contribution is 7.92. The van der Waals surface area contributed by atoms with E-state index in [1.165, 1.54) is 18.7 Å². The van der Waals surface area contributed by atoms with Crippen LogP contribution < -0.4 is 16.0 Å². The van der Waals surface area contributed by atoms with Crippen LogP contribution in [-0.4, -0.2) is 107 Å². The number of amides is 4. The van der Waals surface area contributed by atoms with Crippen LogP contribution in [0.4, 0.5) is 4.79 Å². The first-order chi connectivity index (χ1) is 23.9. The van der Waals surface area contributed by atoms with Gasteiger partial charge in [0, 0.05) is 50.9 Å². The molecule has 2 aliphatic rings. The van der Waals surface area contributed by atoms with Gasteiger partial charge in [-0.2, -0.15) is 0 Å². The van der Waals surface area contributed by atoms with Crippen LogP contribution in [0.3, 0.4) is 0 Å². The number of likely N-dealkylation sites (tertiary alicyclic amines) is 1. The lowest BCUT2D eigenvalue weighted by atomic mass is 9.72. The number of sulfone groups is 1. The summed E-state index contributed by atoms with van der Waals surface area (Å²) in [7, 11) is -2.32. The van der Waals surface area contributed by atoms with E-state index in [1.807, 2.05) is 51.1 Å². The minimum Gasteiger partial charge on any atom is -0.390 e. The second-order valence-corrected chi connectivity index (χ2v) is 18.7. The van der Waals surface area contributed by atoms with Gasteiger partial charge in [0.1, 0.15) is 6.04 Å². The second kappa shape index (κ2) is 16.9. The highest BCUT2D eigenvalue weighted by Gasteiger charge is 2.46. The summed E-state index contributed by atoms with van der Waals surface area (Å²) in [4.78, 5) is 48.8. The molecule has 2 aromatic rings. The van der Waals surface area contributed by atoms with E-state index < -0.39 is 56.3 Å². The molecule has 2 heterocycles. The summed E-state index contributed by atoms with van der Waals surface area (Å²) >= 11 is 0. The number of carbonyl (C=O) groups is 3. The van der Waals surface area contributed by atoms with Gasteiger partial charge in [0.25, 0.3) is 0 Å². The first kappa shape index (κ1) is 40.2. The highest BCUT2D eigenvalue weighted by atomic mass is 32.2. The lowest BCUT2D eigenvalue weighted by Crippen LogP contribution is -2.64. The number of aromatic nitrogens is 1. The maximum Gasteiger partial charge on any atom is 0.318 e. The molecule has 1 saturated heterocycles. The lowest BCUT2D eigenvalue weighted by molar-refractivity contribution is -0.133. The van der Waals surface area contributed by atoms with Gasteiger partial charge < -0.3 is 26.0 Å². The summed E-state index contributed by atoms with van der Waals surface area (Å²) in [5.41, 5.74) is 1.24. The van der Waals surface area contributed by atoms with Crippen molar-refractivity contribution in [2.75, 3.05) is 26.4 Å². The molecule has 1 aromatic carbocycles. The van der Waals surface area contributed by atoms with Crippen molar-refractivity contribution < 1.29 is 27.9 Å². The number of nitrogens with one attached hydrogen (secondary N) is 3. The van der Waals surface area contributed by atoms with Crippen LogP contribution >= 0.6 is 0 Å². The number of fused-ring (bicyclic) bond motifs is 1. The standard InChI is InChI=1S/C38H58N6O6S/c1-37(2,3)42-34(46)31-22-28-15-11-12-16-29(28)24-44(31)25-32(45)30(21-26-13-9-8-10-14-26)40-35(47)33(38(4,5)51(7,49)50)41-36(48)43(6)23-27-17-19-39-20-18-27/h8-10,13-14,17-20,28-33,45H,11-12,15-16,21-25H2,1-7H3,(H,40,47)(H,41,48)(H,42,46)/t28-,29+,30?,31?,32?,33+/m0/s1. The molecular formula is C38H58N6O6S. The molecule has 0 radical (unpaired) electrons. The number of piperidine rings is 1. The number of pyridine rings is 1. The van der Waals surface area contributed by atoms with Gasteiger partial charge in [-0.25, -0.2) is 13.2 Å². The van der Waals surface area contributed by atoms with Crippen molar-refractivity contribution in [2.45, 2.75) is 114 Å². The Hall–Kier alpha value is -3.55. The molecule has 1 aliphatic carbocycles. The summed E-state index contributed by atoms with van der Waals surface area (Å²) < 4.78 is 24.5. The molecule has 12 nitrogen and oxygen atoms in total. The van der Waals surface area contributed by atoms with Gasteiger partial charge in [0.2, 0.25) is 11.8 Å². The fourth-order valence-electron chi connectivity index (χ4n) is 7.25. The average Bonchev–Trinajstić information content (AvgIpc) is 3.05. The molecule has 51 heavy (non-hydrogen) atoms. The summed E-state index contributed by atoms with van der Waals surface area (Å²) in [5.74, 6) is 0.0630. The first-order valence-corrected chi connectivity index (χ1v) is 19.9. The summed E-state index contributed by atoms with van der Waals surface area (Å²) in [6, 6.07) is 9.52. The molecule has 1 aliphatic heterocycles. The van der Waals surface area contributed by atoms with E-state index in [4.69, 9.17) is 0 Å². The molecule has 6 atom stereocenters. The fraction of sp³-hybridized carbons (Fsp3) is 0.632. The largest absolute Gasteiger partial charge is 0.390 e. The monoisotopic (exact) mass is 726 g/mol. The van der Waals surface area contributed by atoms with Crippen molar-refractivity contribution in [1.29, 1.82) is 0 Å². The summed E-state index contributed by atoms with van der Waals surface area (Å²) in [5, 5.41) is 20.7.